The number of ketones is 1. The van der Waals surface area contributed by atoms with Gasteiger partial charge in [0.15, 0.2) is 0 Å². The Morgan fingerprint density at radius 3 is 2.48 bits per heavy atom. The summed E-state index contributed by atoms with van der Waals surface area (Å²) in [6.45, 7) is 0.927. The molecule has 1 N–H and O–H groups in total. The Labute approximate surface area is 174 Å². The van der Waals surface area contributed by atoms with Crippen LogP contribution in [0, 0.1) is 0 Å². The second kappa shape index (κ2) is 8.68. The van der Waals surface area contributed by atoms with Crippen LogP contribution < -0.4 is 4.74 Å². The van der Waals surface area contributed by atoms with E-state index in [2.05, 4.69) is 0 Å². The number of benzene rings is 2. The van der Waals surface area contributed by atoms with Crippen LogP contribution in [0.25, 0.3) is 5.76 Å². The summed E-state index contributed by atoms with van der Waals surface area (Å²) in [6.07, 6.45) is 0. The molecule has 1 saturated heterocycles. The van der Waals surface area contributed by atoms with Gasteiger partial charge in [0, 0.05) is 23.7 Å². The van der Waals surface area contributed by atoms with Gasteiger partial charge in [0.25, 0.3) is 11.7 Å². The van der Waals surface area contributed by atoms with Gasteiger partial charge in [-0.1, -0.05) is 35.9 Å². The van der Waals surface area contributed by atoms with Crippen molar-refractivity contribution < 1.29 is 19.4 Å². The van der Waals surface area contributed by atoms with Crippen molar-refractivity contribution in [3.8, 4) is 5.75 Å². The van der Waals surface area contributed by atoms with Crippen LogP contribution in [0.2, 0.25) is 5.02 Å². The summed E-state index contributed by atoms with van der Waals surface area (Å²) < 4.78 is 5.21. The van der Waals surface area contributed by atoms with Gasteiger partial charge in [-0.2, -0.15) is 0 Å². The highest BCUT2D eigenvalue weighted by Gasteiger charge is 2.45. The second-order valence-electron chi connectivity index (χ2n) is 7.08. The van der Waals surface area contributed by atoms with Crippen molar-refractivity contribution in [3.05, 3.63) is 70.3 Å². The number of methoxy groups -OCH3 is 1. The van der Waals surface area contributed by atoms with Crippen LogP contribution in [-0.2, 0) is 9.59 Å². The summed E-state index contributed by atoms with van der Waals surface area (Å²) in [7, 11) is 5.31. The maximum Gasteiger partial charge on any atom is 0.295 e. The number of amides is 1. The number of aliphatic hydroxyl groups excluding tert-OH is 1. The molecule has 6 nitrogen and oxygen atoms in total. The number of rotatable bonds is 6. The number of likely N-dealkylation sites (tertiary alicyclic amines) is 1. The molecule has 0 spiro atoms. The molecular formula is C22H23ClN2O4. The molecule has 0 saturated carbocycles. The zero-order valence-corrected chi connectivity index (χ0v) is 17.3. The number of aliphatic hydroxyl groups is 1. The quantitative estimate of drug-likeness (QED) is 0.446. The fourth-order valence-electron chi connectivity index (χ4n) is 3.34. The molecule has 0 radical (unpaired) electrons. The van der Waals surface area contributed by atoms with E-state index in [1.807, 2.05) is 19.0 Å². The third-order valence-electron chi connectivity index (χ3n) is 4.86. The molecule has 1 atom stereocenters. The number of hydrogen-bond donors (Lipinski definition) is 1. The summed E-state index contributed by atoms with van der Waals surface area (Å²) in [5.41, 5.74) is 1.18. The lowest BCUT2D eigenvalue weighted by Gasteiger charge is -2.26. The predicted molar refractivity (Wildman–Crippen MR) is 112 cm³/mol. The van der Waals surface area contributed by atoms with Crippen LogP contribution in [0.5, 0.6) is 5.75 Å². The lowest BCUT2D eigenvalue weighted by atomic mass is 9.95. The van der Waals surface area contributed by atoms with Crippen molar-refractivity contribution in [3.63, 3.8) is 0 Å². The molecule has 7 heteroatoms. The summed E-state index contributed by atoms with van der Waals surface area (Å²) >= 11 is 6.01. The van der Waals surface area contributed by atoms with E-state index < -0.39 is 17.7 Å². The summed E-state index contributed by atoms with van der Waals surface area (Å²) in [5.74, 6) is -1.02. The highest BCUT2D eigenvalue weighted by atomic mass is 35.5. The average molecular weight is 415 g/mol. The normalized spacial score (nSPS) is 18.5. The Bertz CT molecular complexity index is 954. The van der Waals surface area contributed by atoms with Gasteiger partial charge >= 0.3 is 0 Å². The van der Waals surface area contributed by atoms with E-state index in [0.717, 1.165) is 0 Å². The summed E-state index contributed by atoms with van der Waals surface area (Å²) in [5, 5.41) is 11.5. The third kappa shape index (κ3) is 4.28. The highest BCUT2D eigenvalue weighted by Crippen LogP contribution is 2.39. The molecule has 2 aromatic carbocycles. The fourth-order valence-corrected chi connectivity index (χ4v) is 3.46. The van der Waals surface area contributed by atoms with E-state index in [-0.39, 0.29) is 11.3 Å². The Balaban J connectivity index is 2.14. The molecule has 0 aliphatic carbocycles. The van der Waals surface area contributed by atoms with E-state index in [9.17, 15) is 14.7 Å². The van der Waals surface area contributed by atoms with Crippen molar-refractivity contribution in [1.82, 2.24) is 9.80 Å². The zero-order chi connectivity index (χ0) is 21.1. The molecule has 1 fully saturated rings. The molecule has 1 unspecified atom stereocenters. The van der Waals surface area contributed by atoms with Crippen molar-refractivity contribution in [1.29, 1.82) is 0 Å². The van der Waals surface area contributed by atoms with Gasteiger partial charge in [0.05, 0.1) is 18.7 Å². The average Bonchev–Trinajstić information content (AvgIpc) is 2.97. The number of halogens is 1. The Morgan fingerprint density at radius 1 is 1.17 bits per heavy atom. The lowest BCUT2D eigenvalue weighted by Crippen LogP contribution is -2.35. The first-order valence-corrected chi connectivity index (χ1v) is 9.54. The van der Waals surface area contributed by atoms with Crippen LogP contribution >= 0.6 is 11.6 Å². The van der Waals surface area contributed by atoms with Crippen LogP contribution in [-0.4, -0.2) is 60.9 Å². The first-order chi connectivity index (χ1) is 13.8. The van der Waals surface area contributed by atoms with Crippen LogP contribution in [0.1, 0.15) is 17.2 Å². The molecule has 1 heterocycles. The van der Waals surface area contributed by atoms with E-state index in [0.29, 0.717) is 35.0 Å². The smallest absolute Gasteiger partial charge is 0.295 e. The molecule has 1 aliphatic heterocycles. The number of carbonyl (C=O) groups excluding carboxylic acids is 2. The monoisotopic (exact) mass is 414 g/mol. The number of ether oxygens (including phenoxy) is 1. The van der Waals surface area contributed by atoms with Gasteiger partial charge in [0.1, 0.15) is 11.5 Å². The van der Waals surface area contributed by atoms with Gasteiger partial charge < -0.3 is 19.6 Å². The number of Topliss-reactive ketones (excluding diaryl/α,β-unsaturated/α-hetero) is 1. The van der Waals surface area contributed by atoms with Crippen LogP contribution in [0.15, 0.2) is 54.1 Å². The van der Waals surface area contributed by atoms with E-state index in [1.165, 1.54) is 12.0 Å². The minimum absolute atomic E-state index is 0.0596. The zero-order valence-electron chi connectivity index (χ0n) is 16.6. The van der Waals surface area contributed by atoms with Gasteiger partial charge in [0.2, 0.25) is 0 Å². The van der Waals surface area contributed by atoms with E-state index in [1.54, 1.807) is 48.5 Å². The topological polar surface area (TPSA) is 70.1 Å². The number of likely N-dealkylation sites (N-methyl/N-ethyl adjacent to an activating group) is 1. The Kier molecular flexibility index (Phi) is 6.25. The molecule has 29 heavy (non-hydrogen) atoms. The van der Waals surface area contributed by atoms with Gasteiger partial charge in [-0.3, -0.25) is 9.59 Å². The van der Waals surface area contributed by atoms with Crippen molar-refractivity contribution in [2.45, 2.75) is 6.04 Å². The SMILES string of the molecule is COc1cccc(/C(O)=C2\C(=O)C(=O)N(CCN(C)C)C2c2ccc(Cl)cc2)c1. The number of nitrogens with zero attached hydrogens (tertiary/aromatic N) is 2. The summed E-state index contributed by atoms with van der Waals surface area (Å²) in [4.78, 5) is 29.1. The molecule has 1 aliphatic rings. The molecule has 2 aromatic rings. The molecule has 3 rings (SSSR count). The molecule has 152 valence electrons. The van der Waals surface area contributed by atoms with Crippen molar-refractivity contribution in [2.24, 2.45) is 0 Å². The highest BCUT2D eigenvalue weighted by molar-refractivity contribution is 6.46. The second-order valence-corrected chi connectivity index (χ2v) is 7.52. The van der Waals surface area contributed by atoms with Gasteiger partial charge in [-0.05, 0) is 43.9 Å². The van der Waals surface area contributed by atoms with Gasteiger partial charge in [-0.15, -0.1) is 0 Å². The maximum atomic E-state index is 12.9. The number of carbonyl (C=O) groups is 2. The first-order valence-electron chi connectivity index (χ1n) is 9.16. The maximum absolute atomic E-state index is 12.9. The molecular weight excluding hydrogens is 392 g/mol. The minimum atomic E-state index is -0.705. The minimum Gasteiger partial charge on any atom is -0.507 e. The fraction of sp³-hybridized carbons (Fsp3) is 0.273. The molecule has 0 bridgehead atoms. The largest absolute Gasteiger partial charge is 0.507 e. The Hall–Kier alpha value is -2.83. The standard InChI is InChI=1S/C22H23ClN2O4/c1-24(2)11-12-25-19(14-7-9-16(23)10-8-14)18(21(27)22(25)28)20(26)15-5-4-6-17(13-15)29-3/h4-10,13,19,26H,11-12H2,1-3H3/b20-18+. The molecule has 1 amide bonds. The summed E-state index contributed by atoms with van der Waals surface area (Å²) in [6, 6.07) is 13.0. The number of hydrogen-bond acceptors (Lipinski definition) is 5. The van der Waals surface area contributed by atoms with Gasteiger partial charge in [-0.25, -0.2) is 0 Å². The molecule has 0 aromatic heterocycles. The Morgan fingerprint density at radius 2 is 1.86 bits per heavy atom. The van der Waals surface area contributed by atoms with Crippen LogP contribution in [0.3, 0.4) is 0 Å². The third-order valence-corrected chi connectivity index (χ3v) is 5.11. The predicted octanol–water partition coefficient (Wildman–Crippen LogP) is 3.33. The van der Waals surface area contributed by atoms with Crippen molar-refractivity contribution >= 4 is 29.1 Å². The van der Waals surface area contributed by atoms with E-state index >= 15 is 0 Å². The van der Waals surface area contributed by atoms with E-state index in [4.69, 9.17) is 16.3 Å². The van der Waals surface area contributed by atoms with Crippen LogP contribution in [0.4, 0.5) is 0 Å². The van der Waals surface area contributed by atoms with Crippen molar-refractivity contribution in [2.75, 3.05) is 34.3 Å². The lowest BCUT2D eigenvalue weighted by molar-refractivity contribution is -0.140. The first kappa shape index (κ1) is 20.9.